The molecular formula is C18H19FN4OS. The van der Waals surface area contributed by atoms with E-state index in [-0.39, 0.29) is 18.3 Å². The Bertz CT molecular complexity index is 892. The Morgan fingerprint density at radius 2 is 2.00 bits per heavy atom. The average molecular weight is 358 g/mol. The summed E-state index contributed by atoms with van der Waals surface area (Å²) in [7, 11) is 0. The van der Waals surface area contributed by atoms with Crippen LogP contribution in [-0.4, -0.2) is 22.4 Å². The summed E-state index contributed by atoms with van der Waals surface area (Å²) in [4.78, 5) is 23.1. The highest BCUT2D eigenvalue weighted by atomic mass is 32.1. The number of hydrogen-bond acceptors (Lipinski definition) is 5. The first-order chi connectivity index (χ1) is 12.0. The molecule has 5 nitrogen and oxygen atoms in total. The monoisotopic (exact) mass is 358 g/mol. The lowest BCUT2D eigenvalue weighted by Crippen LogP contribution is -2.29. The van der Waals surface area contributed by atoms with Crippen LogP contribution in [0.5, 0.6) is 0 Å². The lowest BCUT2D eigenvalue weighted by atomic mass is 10.2. The van der Waals surface area contributed by atoms with E-state index in [4.69, 9.17) is 0 Å². The van der Waals surface area contributed by atoms with Crippen molar-refractivity contribution in [3.05, 3.63) is 52.4 Å². The zero-order valence-corrected chi connectivity index (χ0v) is 14.9. The predicted octanol–water partition coefficient (Wildman–Crippen LogP) is 3.43. The first kappa shape index (κ1) is 17.3. The molecule has 0 atom stereocenters. The summed E-state index contributed by atoms with van der Waals surface area (Å²) in [5.74, 6) is 0.906. The number of aromatic nitrogens is 2. The molecule has 130 valence electrons. The molecule has 0 aliphatic heterocycles. The smallest absolute Gasteiger partial charge is 0.239 e. The van der Waals surface area contributed by atoms with Gasteiger partial charge in [0.15, 0.2) is 0 Å². The number of carbonyl (C=O) groups is 1. The molecule has 3 rings (SSSR count). The van der Waals surface area contributed by atoms with Gasteiger partial charge in [0.2, 0.25) is 5.91 Å². The number of anilines is 1. The number of rotatable bonds is 6. The summed E-state index contributed by atoms with van der Waals surface area (Å²) < 4.78 is 12.9. The van der Waals surface area contributed by atoms with Crippen LogP contribution in [0.2, 0.25) is 0 Å². The molecule has 2 N–H and O–H groups in total. The van der Waals surface area contributed by atoms with Crippen LogP contribution < -0.4 is 10.6 Å². The molecule has 25 heavy (non-hydrogen) atoms. The Morgan fingerprint density at radius 1 is 1.24 bits per heavy atom. The molecule has 0 spiro atoms. The van der Waals surface area contributed by atoms with Crippen molar-refractivity contribution in [3.8, 4) is 0 Å². The predicted molar refractivity (Wildman–Crippen MR) is 98.3 cm³/mol. The van der Waals surface area contributed by atoms with Crippen LogP contribution in [-0.2, 0) is 17.8 Å². The minimum Gasteiger partial charge on any atom is -0.360 e. The minimum absolute atomic E-state index is 0.115. The number of amides is 1. The molecule has 0 aliphatic carbocycles. The maximum Gasteiger partial charge on any atom is 0.239 e. The van der Waals surface area contributed by atoms with Gasteiger partial charge < -0.3 is 10.6 Å². The Morgan fingerprint density at radius 3 is 2.72 bits per heavy atom. The number of hydrogen-bond donors (Lipinski definition) is 2. The number of carbonyl (C=O) groups excluding carboxylic acids is 1. The van der Waals surface area contributed by atoms with Crippen LogP contribution in [0.1, 0.15) is 23.2 Å². The van der Waals surface area contributed by atoms with Crippen molar-refractivity contribution in [2.75, 3.05) is 11.9 Å². The molecule has 0 saturated heterocycles. The Kier molecular flexibility index (Phi) is 5.23. The van der Waals surface area contributed by atoms with Crippen molar-refractivity contribution in [2.45, 2.75) is 26.8 Å². The SMILES string of the molecule is CCc1cc2c(NCC(=O)NCc3ccc(F)cc3)nc(C)nc2s1. The van der Waals surface area contributed by atoms with E-state index < -0.39 is 0 Å². The van der Waals surface area contributed by atoms with Gasteiger partial charge in [0.25, 0.3) is 0 Å². The maximum atomic E-state index is 12.9. The molecule has 2 aromatic heterocycles. The normalized spacial score (nSPS) is 10.8. The van der Waals surface area contributed by atoms with Crippen LogP contribution in [0, 0.1) is 12.7 Å². The van der Waals surface area contributed by atoms with Gasteiger partial charge >= 0.3 is 0 Å². The largest absolute Gasteiger partial charge is 0.360 e. The van der Waals surface area contributed by atoms with E-state index in [1.807, 2.05) is 6.92 Å². The zero-order chi connectivity index (χ0) is 17.8. The third-order valence-corrected chi connectivity index (χ3v) is 4.90. The van der Waals surface area contributed by atoms with E-state index in [1.54, 1.807) is 23.5 Å². The fourth-order valence-corrected chi connectivity index (χ4v) is 3.43. The Hall–Kier alpha value is -2.54. The number of aryl methyl sites for hydroxylation is 2. The molecule has 2 heterocycles. The Balaban J connectivity index is 1.62. The first-order valence-electron chi connectivity index (χ1n) is 8.07. The van der Waals surface area contributed by atoms with E-state index in [0.29, 0.717) is 18.2 Å². The molecule has 3 aromatic rings. The number of nitrogens with one attached hydrogen (secondary N) is 2. The summed E-state index contributed by atoms with van der Waals surface area (Å²) in [6, 6.07) is 8.12. The lowest BCUT2D eigenvalue weighted by molar-refractivity contribution is -0.119. The van der Waals surface area contributed by atoms with E-state index in [0.717, 1.165) is 22.2 Å². The van der Waals surface area contributed by atoms with Gasteiger partial charge in [-0.3, -0.25) is 4.79 Å². The second kappa shape index (κ2) is 7.57. The second-order valence-electron chi connectivity index (χ2n) is 5.66. The van der Waals surface area contributed by atoms with Gasteiger partial charge in [-0.1, -0.05) is 19.1 Å². The molecular weight excluding hydrogens is 339 g/mol. The van der Waals surface area contributed by atoms with Crippen molar-refractivity contribution >= 4 is 33.3 Å². The van der Waals surface area contributed by atoms with Crippen molar-refractivity contribution < 1.29 is 9.18 Å². The highest BCUT2D eigenvalue weighted by Crippen LogP contribution is 2.29. The van der Waals surface area contributed by atoms with Gasteiger partial charge in [0, 0.05) is 11.4 Å². The first-order valence-corrected chi connectivity index (χ1v) is 8.89. The topological polar surface area (TPSA) is 66.9 Å². The lowest BCUT2D eigenvalue weighted by Gasteiger charge is -2.09. The second-order valence-corrected chi connectivity index (χ2v) is 6.78. The number of benzene rings is 1. The molecule has 1 amide bonds. The van der Waals surface area contributed by atoms with Gasteiger partial charge in [-0.15, -0.1) is 11.3 Å². The molecule has 1 aromatic carbocycles. The standard InChI is InChI=1S/C18H19FN4OS/c1-3-14-8-15-17(22-11(2)23-18(15)25-14)21-10-16(24)20-9-12-4-6-13(19)7-5-12/h4-8H,3,9-10H2,1-2H3,(H,20,24)(H,21,22,23). The summed E-state index contributed by atoms with van der Waals surface area (Å²) in [5, 5.41) is 6.84. The van der Waals surface area contributed by atoms with Crippen molar-refractivity contribution in [1.82, 2.24) is 15.3 Å². The third kappa shape index (κ3) is 4.30. The highest BCUT2D eigenvalue weighted by Gasteiger charge is 2.11. The molecule has 0 bridgehead atoms. The van der Waals surface area contributed by atoms with Crippen LogP contribution in [0.4, 0.5) is 10.2 Å². The van der Waals surface area contributed by atoms with Gasteiger partial charge in [-0.05, 0) is 37.1 Å². The van der Waals surface area contributed by atoms with Gasteiger partial charge in [-0.2, -0.15) is 0 Å². The van der Waals surface area contributed by atoms with Gasteiger partial charge in [0.1, 0.15) is 22.3 Å². The van der Waals surface area contributed by atoms with Crippen LogP contribution >= 0.6 is 11.3 Å². The number of fused-ring (bicyclic) bond motifs is 1. The maximum absolute atomic E-state index is 12.9. The molecule has 0 aliphatic rings. The van der Waals surface area contributed by atoms with E-state index in [1.165, 1.54) is 17.0 Å². The summed E-state index contributed by atoms with van der Waals surface area (Å²) in [6.45, 7) is 4.41. The number of halogens is 1. The minimum atomic E-state index is -0.290. The van der Waals surface area contributed by atoms with Gasteiger partial charge in [0.05, 0.1) is 11.9 Å². The van der Waals surface area contributed by atoms with Crippen LogP contribution in [0.15, 0.2) is 30.3 Å². The fourth-order valence-electron chi connectivity index (χ4n) is 2.42. The highest BCUT2D eigenvalue weighted by molar-refractivity contribution is 7.18. The fraction of sp³-hybridized carbons (Fsp3) is 0.278. The van der Waals surface area contributed by atoms with Crippen LogP contribution in [0.25, 0.3) is 10.2 Å². The average Bonchev–Trinajstić information content (AvgIpc) is 3.02. The molecule has 7 heteroatoms. The summed E-state index contributed by atoms with van der Waals surface area (Å²) in [6.07, 6.45) is 0.942. The molecule has 0 fully saturated rings. The van der Waals surface area contributed by atoms with Crippen LogP contribution in [0.3, 0.4) is 0 Å². The summed E-state index contributed by atoms with van der Waals surface area (Å²) >= 11 is 1.65. The van der Waals surface area contributed by atoms with E-state index in [9.17, 15) is 9.18 Å². The number of thiophene rings is 1. The van der Waals surface area contributed by atoms with E-state index >= 15 is 0 Å². The zero-order valence-electron chi connectivity index (χ0n) is 14.1. The van der Waals surface area contributed by atoms with Gasteiger partial charge in [-0.25, -0.2) is 14.4 Å². The number of nitrogens with zero attached hydrogens (tertiary/aromatic N) is 2. The van der Waals surface area contributed by atoms with E-state index in [2.05, 4.69) is 33.6 Å². The molecule has 0 unspecified atom stereocenters. The third-order valence-electron chi connectivity index (χ3n) is 3.72. The van der Waals surface area contributed by atoms with Crippen molar-refractivity contribution in [2.24, 2.45) is 0 Å². The molecule has 0 saturated carbocycles. The molecule has 0 radical (unpaired) electrons. The van der Waals surface area contributed by atoms with Crippen molar-refractivity contribution in [3.63, 3.8) is 0 Å². The Labute approximate surface area is 149 Å². The van der Waals surface area contributed by atoms with Crippen molar-refractivity contribution in [1.29, 1.82) is 0 Å². The quantitative estimate of drug-likeness (QED) is 0.708. The summed E-state index contributed by atoms with van der Waals surface area (Å²) in [5.41, 5.74) is 0.848.